The molecule has 2 N–H and O–H groups in total. The van der Waals surface area contributed by atoms with Gasteiger partial charge in [-0.1, -0.05) is 49.6 Å². The molecule has 1 aromatic rings. The zero-order chi connectivity index (χ0) is 14.5. The van der Waals surface area contributed by atoms with Gasteiger partial charge in [0.05, 0.1) is 0 Å². The van der Waals surface area contributed by atoms with Crippen LogP contribution in [-0.4, -0.2) is 30.1 Å². The summed E-state index contributed by atoms with van der Waals surface area (Å²) in [5, 5.41) is 0. The van der Waals surface area contributed by atoms with Gasteiger partial charge in [-0.3, -0.25) is 4.90 Å². The zero-order valence-corrected chi connectivity index (χ0v) is 13.2. The number of likely N-dealkylation sites (tertiary alicyclic amines) is 1. The lowest BCUT2D eigenvalue weighted by atomic mass is 9.88. The normalized spacial score (nSPS) is 29.2. The van der Waals surface area contributed by atoms with Crippen molar-refractivity contribution in [3.05, 3.63) is 35.9 Å². The summed E-state index contributed by atoms with van der Waals surface area (Å²) in [6.07, 6.45) is 10.6. The Morgan fingerprint density at radius 2 is 1.62 bits per heavy atom. The fourth-order valence-electron chi connectivity index (χ4n) is 4.21. The molecule has 2 atom stereocenters. The van der Waals surface area contributed by atoms with E-state index in [4.69, 9.17) is 5.73 Å². The fraction of sp³-hybridized carbons (Fsp3) is 0.684. The highest BCUT2D eigenvalue weighted by molar-refractivity contribution is 5.15. The predicted molar refractivity (Wildman–Crippen MR) is 89.3 cm³/mol. The summed E-state index contributed by atoms with van der Waals surface area (Å²) in [6.45, 7) is 2.52. The highest BCUT2D eigenvalue weighted by Crippen LogP contribution is 2.27. The van der Waals surface area contributed by atoms with Crippen molar-refractivity contribution < 1.29 is 0 Å². The molecule has 2 nitrogen and oxygen atoms in total. The van der Waals surface area contributed by atoms with Crippen LogP contribution in [0, 0.1) is 5.92 Å². The maximum Gasteiger partial charge on any atom is 0.0247 e. The molecule has 0 spiro atoms. The maximum absolute atomic E-state index is 6.43. The van der Waals surface area contributed by atoms with Crippen molar-refractivity contribution in [1.82, 2.24) is 4.90 Å². The van der Waals surface area contributed by atoms with Crippen LogP contribution in [0.5, 0.6) is 0 Å². The molecule has 2 fully saturated rings. The molecule has 116 valence electrons. The average molecular weight is 286 g/mol. The highest BCUT2D eigenvalue weighted by Gasteiger charge is 2.29. The summed E-state index contributed by atoms with van der Waals surface area (Å²) in [5.74, 6) is 0.866. The lowest BCUT2D eigenvalue weighted by Crippen LogP contribution is -2.50. The Bertz CT molecular complexity index is 409. The molecule has 1 aliphatic carbocycles. The van der Waals surface area contributed by atoms with Crippen molar-refractivity contribution >= 4 is 0 Å². The van der Waals surface area contributed by atoms with Crippen LogP contribution in [0.2, 0.25) is 0 Å². The van der Waals surface area contributed by atoms with Crippen LogP contribution < -0.4 is 5.73 Å². The van der Waals surface area contributed by atoms with Crippen LogP contribution in [0.15, 0.2) is 30.3 Å². The molecule has 1 saturated carbocycles. The molecular weight excluding hydrogens is 256 g/mol. The van der Waals surface area contributed by atoms with Crippen molar-refractivity contribution in [2.75, 3.05) is 13.1 Å². The van der Waals surface area contributed by atoms with Crippen LogP contribution in [0.4, 0.5) is 0 Å². The van der Waals surface area contributed by atoms with E-state index in [-0.39, 0.29) is 0 Å². The number of hydrogen-bond acceptors (Lipinski definition) is 2. The number of nitrogens with two attached hydrogens (primary N) is 1. The lowest BCUT2D eigenvalue weighted by molar-refractivity contribution is 0.110. The van der Waals surface area contributed by atoms with Crippen molar-refractivity contribution in [3.8, 4) is 0 Å². The largest absolute Gasteiger partial charge is 0.326 e. The van der Waals surface area contributed by atoms with Gasteiger partial charge >= 0.3 is 0 Å². The Labute approximate surface area is 129 Å². The van der Waals surface area contributed by atoms with Gasteiger partial charge in [0, 0.05) is 12.1 Å². The maximum atomic E-state index is 6.43. The predicted octanol–water partition coefficient (Wildman–Crippen LogP) is 3.60. The molecule has 1 aliphatic heterocycles. The van der Waals surface area contributed by atoms with E-state index < -0.39 is 0 Å². The first kappa shape index (κ1) is 15.1. The summed E-state index contributed by atoms with van der Waals surface area (Å²) in [4.78, 5) is 2.71. The van der Waals surface area contributed by atoms with Crippen LogP contribution >= 0.6 is 0 Å². The van der Waals surface area contributed by atoms with Gasteiger partial charge in [-0.2, -0.15) is 0 Å². The molecule has 0 amide bonds. The molecule has 2 aliphatic rings. The van der Waals surface area contributed by atoms with Gasteiger partial charge in [0.25, 0.3) is 0 Å². The third-order valence-electron chi connectivity index (χ3n) is 5.52. The zero-order valence-electron chi connectivity index (χ0n) is 13.2. The quantitative estimate of drug-likeness (QED) is 0.860. The van der Waals surface area contributed by atoms with E-state index >= 15 is 0 Å². The summed E-state index contributed by atoms with van der Waals surface area (Å²) in [6, 6.07) is 12.0. The van der Waals surface area contributed by atoms with Crippen LogP contribution in [0.3, 0.4) is 0 Å². The molecule has 3 rings (SSSR count). The SMILES string of the molecule is NC1CCCCCC1N1CCC(Cc2ccccc2)CC1. The van der Waals surface area contributed by atoms with Gasteiger partial charge in [0.2, 0.25) is 0 Å². The summed E-state index contributed by atoms with van der Waals surface area (Å²) < 4.78 is 0. The van der Waals surface area contributed by atoms with Crippen LogP contribution in [-0.2, 0) is 6.42 Å². The fourth-order valence-corrected chi connectivity index (χ4v) is 4.21. The Morgan fingerprint density at radius 1 is 0.905 bits per heavy atom. The van der Waals surface area contributed by atoms with E-state index in [0.717, 1.165) is 5.92 Å². The molecule has 1 heterocycles. The van der Waals surface area contributed by atoms with E-state index in [9.17, 15) is 0 Å². The van der Waals surface area contributed by atoms with Gasteiger partial charge in [-0.05, 0) is 56.7 Å². The first-order chi connectivity index (χ1) is 10.3. The van der Waals surface area contributed by atoms with E-state index in [0.29, 0.717) is 12.1 Å². The van der Waals surface area contributed by atoms with E-state index in [2.05, 4.69) is 35.2 Å². The Balaban J connectivity index is 1.50. The standard InChI is InChI=1S/C19H30N2/c20-18-9-5-2-6-10-19(18)21-13-11-17(12-14-21)15-16-7-3-1-4-8-16/h1,3-4,7-8,17-19H,2,5-6,9-15,20H2. The average Bonchev–Trinajstić information content (AvgIpc) is 2.74. The number of benzene rings is 1. The number of rotatable bonds is 3. The molecule has 0 radical (unpaired) electrons. The minimum absolute atomic E-state index is 0.415. The second-order valence-electron chi connectivity index (χ2n) is 7.04. The second-order valence-corrected chi connectivity index (χ2v) is 7.04. The van der Waals surface area contributed by atoms with Crippen molar-refractivity contribution in [3.63, 3.8) is 0 Å². The van der Waals surface area contributed by atoms with Crippen LogP contribution in [0.25, 0.3) is 0 Å². The summed E-state index contributed by atoms with van der Waals surface area (Å²) in [7, 11) is 0. The summed E-state index contributed by atoms with van der Waals surface area (Å²) >= 11 is 0. The third kappa shape index (κ3) is 4.08. The first-order valence-electron chi connectivity index (χ1n) is 8.86. The van der Waals surface area contributed by atoms with Gasteiger partial charge in [0.1, 0.15) is 0 Å². The molecular formula is C19H30N2. The monoisotopic (exact) mass is 286 g/mol. The Hall–Kier alpha value is -0.860. The topological polar surface area (TPSA) is 29.3 Å². The van der Waals surface area contributed by atoms with Gasteiger partial charge in [0.15, 0.2) is 0 Å². The number of piperidine rings is 1. The molecule has 21 heavy (non-hydrogen) atoms. The van der Waals surface area contributed by atoms with Crippen molar-refractivity contribution in [1.29, 1.82) is 0 Å². The molecule has 0 bridgehead atoms. The molecule has 2 heteroatoms. The van der Waals surface area contributed by atoms with Crippen molar-refractivity contribution in [2.45, 2.75) is 63.5 Å². The minimum Gasteiger partial charge on any atom is -0.326 e. The van der Waals surface area contributed by atoms with E-state index in [1.807, 2.05) is 0 Å². The molecule has 2 unspecified atom stereocenters. The van der Waals surface area contributed by atoms with Gasteiger partial charge in [-0.25, -0.2) is 0 Å². The van der Waals surface area contributed by atoms with E-state index in [1.54, 1.807) is 0 Å². The summed E-state index contributed by atoms with van der Waals surface area (Å²) in [5.41, 5.74) is 7.93. The third-order valence-corrected chi connectivity index (χ3v) is 5.52. The smallest absolute Gasteiger partial charge is 0.0247 e. The molecule has 1 aromatic carbocycles. The Morgan fingerprint density at radius 3 is 2.38 bits per heavy atom. The van der Waals surface area contributed by atoms with Crippen LogP contribution in [0.1, 0.15) is 50.5 Å². The van der Waals surface area contributed by atoms with Gasteiger partial charge in [-0.15, -0.1) is 0 Å². The Kier molecular flexibility index (Phi) is 5.32. The number of nitrogens with zero attached hydrogens (tertiary/aromatic N) is 1. The number of hydrogen-bond donors (Lipinski definition) is 1. The van der Waals surface area contributed by atoms with E-state index in [1.165, 1.54) is 70.0 Å². The minimum atomic E-state index is 0.415. The van der Waals surface area contributed by atoms with Gasteiger partial charge < -0.3 is 5.73 Å². The molecule has 0 aromatic heterocycles. The first-order valence-corrected chi connectivity index (χ1v) is 8.86. The lowest BCUT2D eigenvalue weighted by Gasteiger charge is -2.39. The second kappa shape index (κ2) is 7.42. The van der Waals surface area contributed by atoms with Crippen molar-refractivity contribution in [2.24, 2.45) is 11.7 Å². The highest BCUT2D eigenvalue weighted by atomic mass is 15.2. The molecule has 1 saturated heterocycles.